The van der Waals surface area contributed by atoms with Gasteiger partial charge in [-0.15, -0.1) is 0 Å². The second-order valence-electron chi connectivity index (χ2n) is 4.41. The van der Waals surface area contributed by atoms with E-state index in [1.807, 2.05) is 0 Å². The second kappa shape index (κ2) is 5.55. The lowest BCUT2D eigenvalue weighted by Crippen LogP contribution is -2.10. The van der Waals surface area contributed by atoms with Gasteiger partial charge in [0.2, 0.25) is 0 Å². The molecule has 0 heterocycles. The number of carbonyl (C=O) groups is 1. The molecule has 110 valence electrons. The molecule has 6 nitrogen and oxygen atoms in total. The predicted octanol–water partition coefficient (Wildman–Crippen LogP) is 2.49. The fourth-order valence-electron chi connectivity index (χ4n) is 1.96. The van der Waals surface area contributed by atoms with Crippen molar-refractivity contribution in [2.24, 2.45) is 0 Å². The summed E-state index contributed by atoms with van der Waals surface area (Å²) in [7, 11) is -4.36. The number of fused-ring (bicyclic) bond motifs is 1. The molecule has 0 fully saturated rings. The van der Waals surface area contributed by atoms with Crippen molar-refractivity contribution >= 4 is 32.5 Å². The van der Waals surface area contributed by atoms with E-state index in [9.17, 15) is 17.8 Å². The topological polar surface area (TPSA) is 104 Å². The first-order valence-electron chi connectivity index (χ1n) is 5.96. The maximum atomic E-state index is 11.6. The van der Waals surface area contributed by atoms with E-state index in [1.165, 1.54) is 25.1 Å². The highest BCUT2D eigenvalue weighted by Crippen LogP contribution is 2.29. The van der Waals surface area contributed by atoms with Crippen LogP contribution < -0.4 is 5.32 Å². The molecule has 0 bridgehead atoms. The minimum atomic E-state index is -4.36. The van der Waals surface area contributed by atoms with Gasteiger partial charge in [0.05, 0.1) is 5.76 Å². The van der Waals surface area contributed by atoms with Crippen LogP contribution in [0.3, 0.4) is 0 Å². The van der Waals surface area contributed by atoms with E-state index < -0.39 is 16.0 Å². The van der Waals surface area contributed by atoms with Crippen LogP contribution in [0.2, 0.25) is 0 Å². The molecule has 0 spiro atoms. The van der Waals surface area contributed by atoms with Crippen LogP contribution in [-0.4, -0.2) is 24.0 Å². The molecular formula is C14H13NO5S. The normalized spacial score (nSPS) is 12.4. The predicted molar refractivity (Wildman–Crippen MR) is 78.8 cm³/mol. The molecule has 0 aromatic heterocycles. The summed E-state index contributed by atoms with van der Waals surface area (Å²) >= 11 is 0. The van der Waals surface area contributed by atoms with E-state index >= 15 is 0 Å². The highest BCUT2D eigenvalue weighted by molar-refractivity contribution is 7.86. The molecule has 2 aromatic carbocycles. The van der Waals surface area contributed by atoms with E-state index in [0.717, 1.165) is 6.08 Å². The van der Waals surface area contributed by atoms with Crippen molar-refractivity contribution in [2.75, 3.05) is 5.32 Å². The zero-order valence-corrected chi connectivity index (χ0v) is 11.9. The maximum Gasteiger partial charge on any atom is 0.295 e. The van der Waals surface area contributed by atoms with E-state index in [4.69, 9.17) is 5.11 Å². The van der Waals surface area contributed by atoms with Crippen molar-refractivity contribution in [2.45, 2.75) is 11.8 Å². The summed E-state index contributed by atoms with van der Waals surface area (Å²) in [4.78, 5) is 11.4. The van der Waals surface area contributed by atoms with Crippen LogP contribution in [0.25, 0.3) is 10.8 Å². The molecule has 0 aliphatic carbocycles. The molecular weight excluding hydrogens is 294 g/mol. The highest BCUT2D eigenvalue weighted by atomic mass is 32.2. The van der Waals surface area contributed by atoms with E-state index in [2.05, 4.69) is 5.32 Å². The Morgan fingerprint density at radius 2 is 1.76 bits per heavy atom. The summed E-state index contributed by atoms with van der Waals surface area (Å²) in [6.07, 6.45) is 1.01. The lowest BCUT2D eigenvalue weighted by Gasteiger charge is -2.10. The van der Waals surface area contributed by atoms with Crippen LogP contribution in [0, 0.1) is 0 Å². The molecule has 0 radical (unpaired) electrons. The second-order valence-corrected chi connectivity index (χ2v) is 5.80. The Bertz CT molecular complexity index is 836. The van der Waals surface area contributed by atoms with Crippen molar-refractivity contribution in [3.05, 3.63) is 48.2 Å². The molecule has 0 saturated carbocycles. The number of rotatable bonds is 3. The summed E-state index contributed by atoms with van der Waals surface area (Å²) in [5.41, 5.74) is 0.375. The van der Waals surface area contributed by atoms with Gasteiger partial charge in [-0.25, -0.2) is 0 Å². The number of aliphatic hydroxyl groups excluding tert-OH is 1. The fraction of sp³-hybridized carbons (Fsp3) is 0.0714. The van der Waals surface area contributed by atoms with Crippen LogP contribution >= 0.6 is 0 Å². The molecule has 2 aromatic rings. The minimum Gasteiger partial charge on any atom is -0.512 e. The molecule has 1 amide bonds. The third-order valence-electron chi connectivity index (χ3n) is 2.76. The van der Waals surface area contributed by atoms with E-state index in [-0.39, 0.29) is 10.7 Å². The van der Waals surface area contributed by atoms with Gasteiger partial charge in [0.1, 0.15) is 4.90 Å². The van der Waals surface area contributed by atoms with Gasteiger partial charge in [0, 0.05) is 22.5 Å². The first kappa shape index (κ1) is 15.0. The van der Waals surface area contributed by atoms with Crippen LogP contribution in [0.4, 0.5) is 5.69 Å². The summed E-state index contributed by atoms with van der Waals surface area (Å²) in [6, 6.07) is 9.04. The van der Waals surface area contributed by atoms with Gasteiger partial charge in [-0.1, -0.05) is 24.3 Å². The van der Waals surface area contributed by atoms with Gasteiger partial charge < -0.3 is 10.4 Å². The minimum absolute atomic E-state index is 0.147. The van der Waals surface area contributed by atoms with Crippen molar-refractivity contribution in [1.29, 1.82) is 0 Å². The number of hydrogen-bond donors (Lipinski definition) is 3. The number of allylic oxidation sites excluding steroid dienone is 1. The molecule has 2 rings (SSSR count). The van der Waals surface area contributed by atoms with Crippen molar-refractivity contribution < 1.29 is 22.9 Å². The SMILES string of the molecule is CC(O)=CC(=O)Nc1ccc(S(=O)(=O)O)c2ccccc12. The number of nitrogens with one attached hydrogen (secondary N) is 1. The zero-order chi connectivity index (χ0) is 15.6. The van der Waals surface area contributed by atoms with Gasteiger partial charge in [-0.05, 0) is 19.1 Å². The standard InChI is InChI=1S/C14H13NO5S/c1-9(16)8-14(17)15-12-6-7-13(21(18,19)20)11-5-3-2-4-10(11)12/h2-8,16H,1H3,(H,15,17)(H,18,19,20). The van der Waals surface area contributed by atoms with E-state index in [1.54, 1.807) is 18.2 Å². The average molecular weight is 307 g/mol. The summed E-state index contributed by atoms with van der Waals surface area (Å²) < 4.78 is 31.9. The maximum absolute atomic E-state index is 11.6. The Balaban J connectivity index is 2.59. The van der Waals surface area contributed by atoms with Gasteiger partial charge in [0.25, 0.3) is 16.0 Å². The van der Waals surface area contributed by atoms with Gasteiger partial charge in [-0.3, -0.25) is 9.35 Å². The van der Waals surface area contributed by atoms with Crippen LogP contribution in [0.5, 0.6) is 0 Å². The number of benzene rings is 2. The Morgan fingerprint density at radius 3 is 2.33 bits per heavy atom. The van der Waals surface area contributed by atoms with Crippen LogP contribution in [0.15, 0.2) is 53.1 Å². The number of aliphatic hydroxyl groups is 1. The first-order chi connectivity index (χ1) is 9.79. The molecule has 21 heavy (non-hydrogen) atoms. The Morgan fingerprint density at radius 1 is 1.14 bits per heavy atom. The molecule has 3 N–H and O–H groups in total. The zero-order valence-electron chi connectivity index (χ0n) is 11.1. The Kier molecular flexibility index (Phi) is 3.97. The lowest BCUT2D eigenvalue weighted by molar-refractivity contribution is -0.112. The molecule has 0 aliphatic rings. The van der Waals surface area contributed by atoms with Gasteiger partial charge in [-0.2, -0.15) is 8.42 Å². The number of anilines is 1. The molecule has 0 aliphatic heterocycles. The van der Waals surface area contributed by atoms with Gasteiger partial charge >= 0.3 is 0 Å². The largest absolute Gasteiger partial charge is 0.512 e. The monoisotopic (exact) mass is 307 g/mol. The summed E-state index contributed by atoms with van der Waals surface area (Å²) in [6.45, 7) is 1.36. The first-order valence-corrected chi connectivity index (χ1v) is 7.40. The smallest absolute Gasteiger partial charge is 0.295 e. The third-order valence-corrected chi connectivity index (χ3v) is 3.67. The van der Waals surface area contributed by atoms with Crippen molar-refractivity contribution in [1.82, 2.24) is 0 Å². The fourth-order valence-corrected chi connectivity index (χ4v) is 2.66. The molecule has 0 saturated heterocycles. The van der Waals surface area contributed by atoms with E-state index in [0.29, 0.717) is 16.5 Å². The number of amides is 1. The quantitative estimate of drug-likeness (QED) is 0.459. The molecule has 0 atom stereocenters. The number of carbonyl (C=O) groups excluding carboxylic acids is 1. The molecule has 7 heteroatoms. The third kappa shape index (κ3) is 3.39. The van der Waals surface area contributed by atoms with Crippen LogP contribution in [-0.2, 0) is 14.9 Å². The Hall–Kier alpha value is -2.38. The average Bonchev–Trinajstić information content (AvgIpc) is 2.36. The van der Waals surface area contributed by atoms with Gasteiger partial charge in [0.15, 0.2) is 0 Å². The molecule has 0 unspecified atom stereocenters. The van der Waals surface area contributed by atoms with Crippen molar-refractivity contribution in [3.63, 3.8) is 0 Å². The summed E-state index contributed by atoms with van der Waals surface area (Å²) in [5, 5.41) is 12.4. The van der Waals surface area contributed by atoms with Crippen LogP contribution in [0.1, 0.15) is 6.92 Å². The number of hydrogen-bond acceptors (Lipinski definition) is 4. The lowest BCUT2D eigenvalue weighted by atomic mass is 10.1. The highest BCUT2D eigenvalue weighted by Gasteiger charge is 2.16. The Labute approximate surface area is 121 Å². The summed E-state index contributed by atoms with van der Waals surface area (Å²) in [5.74, 6) is -0.689. The van der Waals surface area contributed by atoms with Crippen molar-refractivity contribution in [3.8, 4) is 0 Å².